The number of ether oxygens (including phenoxy) is 3. The predicted molar refractivity (Wildman–Crippen MR) is 129 cm³/mol. The van der Waals surface area contributed by atoms with Gasteiger partial charge in [0.1, 0.15) is 11.8 Å². The quantitative estimate of drug-likeness (QED) is 0.390. The molecule has 1 atom stereocenters. The molecule has 0 fully saturated rings. The van der Waals surface area contributed by atoms with Crippen LogP contribution in [0.1, 0.15) is 22.6 Å². The Hall–Kier alpha value is -4.44. The Kier molecular flexibility index (Phi) is 6.99. The average molecular weight is 456 g/mol. The normalized spacial score (nSPS) is 11.4. The van der Waals surface area contributed by atoms with Gasteiger partial charge in [0.15, 0.2) is 18.1 Å². The number of fused-ring (bicyclic) bond motifs is 1. The first-order valence-electron chi connectivity index (χ1n) is 10.8. The van der Waals surface area contributed by atoms with Crippen molar-refractivity contribution < 1.29 is 19.0 Å². The van der Waals surface area contributed by atoms with Crippen LogP contribution < -0.4 is 19.5 Å². The molecule has 0 radical (unpaired) electrons. The number of carbonyl (C=O) groups excluding carboxylic acids is 1. The van der Waals surface area contributed by atoms with Crippen molar-refractivity contribution in [2.75, 3.05) is 27.4 Å². The van der Waals surface area contributed by atoms with E-state index in [4.69, 9.17) is 14.2 Å². The van der Waals surface area contributed by atoms with E-state index < -0.39 is 0 Å². The molecule has 0 spiro atoms. The lowest BCUT2D eigenvalue weighted by Gasteiger charge is -2.22. The number of methoxy groups -OCH3 is 2. The highest BCUT2D eigenvalue weighted by Crippen LogP contribution is 2.40. The number of hydrogen-bond donors (Lipinski definition) is 2. The SMILES string of the molecule is COc1cccc(C(CNC(=O)COc2ccccc2C#N)c2c[nH]c3ccccc23)c1OC. The second-order valence-corrected chi connectivity index (χ2v) is 7.63. The van der Waals surface area contributed by atoms with E-state index >= 15 is 0 Å². The third-order valence-electron chi connectivity index (χ3n) is 5.68. The number of nitrogens with zero attached hydrogens (tertiary/aromatic N) is 1. The van der Waals surface area contributed by atoms with Crippen LogP contribution in [0, 0.1) is 11.3 Å². The smallest absolute Gasteiger partial charge is 0.257 e. The van der Waals surface area contributed by atoms with Gasteiger partial charge >= 0.3 is 0 Å². The maximum absolute atomic E-state index is 12.7. The van der Waals surface area contributed by atoms with Gasteiger partial charge in [0.25, 0.3) is 5.91 Å². The van der Waals surface area contributed by atoms with Gasteiger partial charge in [0.2, 0.25) is 0 Å². The van der Waals surface area contributed by atoms with E-state index in [0.29, 0.717) is 29.4 Å². The Morgan fingerprint density at radius 1 is 0.971 bits per heavy atom. The fourth-order valence-electron chi connectivity index (χ4n) is 4.05. The number of amides is 1. The standard InChI is InChI=1S/C27H25N3O4/c1-32-25-13-7-10-20(27(25)33-2)22(21-15-29-23-11-5-4-9-19(21)23)16-30-26(31)17-34-24-12-6-3-8-18(24)14-28/h3-13,15,22,29H,16-17H2,1-2H3,(H,30,31). The van der Waals surface area contributed by atoms with Gasteiger partial charge in [-0.05, 0) is 29.8 Å². The molecule has 0 aliphatic heterocycles. The van der Waals surface area contributed by atoms with Crippen LogP contribution in [0.2, 0.25) is 0 Å². The third kappa shape index (κ3) is 4.66. The minimum absolute atomic E-state index is 0.200. The highest BCUT2D eigenvalue weighted by atomic mass is 16.5. The van der Waals surface area contributed by atoms with Crippen LogP contribution in [0.3, 0.4) is 0 Å². The molecule has 0 aliphatic rings. The Balaban J connectivity index is 1.60. The highest BCUT2D eigenvalue weighted by Gasteiger charge is 2.24. The number of benzene rings is 3. The predicted octanol–water partition coefficient (Wildman–Crippen LogP) is 4.38. The number of carbonyl (C=O) groups is 1. The number of nitrogens with one attached hydrogen (secondary N) is 2. The number of aromatic nitrogens is 1. The zero-order valence-electron chi connectivity index (χ0n) is 19.0. The van der Waals surface area contributed by atoms with E-state index in [1.165, 1.54) is 0 Å². The van der Waals surface area contributed by atoms with Gasteiger partial charge in [-0.25, -0.2) is 0 Å². The average Bonchev–Trinajstić information content (AvgIpc) is 3.31. The van der Waals surface area contributed by atoms with Gasteiger partial charge in [-0.1, -0.05) is 42.5 Å². The van der Waals surface area contributed by atoms with Gasteiger partial charge in [-0.15, -0.1) is 0 Å². The summed E-state index contributed by atoms with van der Waals surface area (Å²) in [6.07, 6.45) is 1.96. The molecule has 4 rings (SSSR count). The second kappa shape index (κ2) is 10.5. The van der Waals surface area contributed by atoms with Crippen molar-refractivity contribution in [2.45, 2.75) is 5.92 Å². The third-order valence-corrected chi connectivity index (χ3v) is 5.68. The molecular weight excluding hydrogens is 430 g/mol. The Morgan fingerprint density at radius 2 is 1.74 bits per heavy atom. The Labute approximate surface area is 197 Å². The van der Waals surface area contributed by atoms with Gasteiger partial charge in [0.05, 0.1) is 19.8 Å². The summed E-state index contributed by atoms with van der Waals surface area (Å²) in [5, 5.41) is 13.2. The van der Waals surface area contributed by atoms with E-state index in [-0.39, 0.29) is 18.4 Å². The number of aromatic amines is 1. The van der Waals surface area contributed by atoms with Crippen molar-refractivity contribution in [1.29, 1.82) is 5.26 Å². The van der Waals surface area contributed by atoms with E-state index in [0.717, 1.165) is 22.0 Å². The molecule has 1 unspecified atom stereocenters. The fourth-order valence-corrected chi connectivity index (χ4v) is 4.05. The van der Waals surface area contributed by atoms with Crippen molar-refractivity contribution >= 4 is 16.8 Å². The fraction of sp³-hybridized carbons (Fsp3) is 0.185. The monoisotopic (exact) mass is 455 g/mol. The lowest BCUT2D eigenvalue weighted by atomic mass is 9.90. The zero-order chi connectivity index (χ0) is 23.9. The first-order chi connectivity index (χ1) is 16.7. The van der Waals surface area contributed by atoms with E-state index in [1.54, 1.807) is 38.5 Å². The molecule has 0 bridgehead atoms. The van der Waals surface area contributed by atoms with Gasteiger partial charge in [0, 0.05) is 35.1 Å². The van der Waals surface area contributed by atoms with E-state index in [9.17, 15) is 10.1 Å². The second-order valence-electron chi connectivity index (χ2n) is 7.63. The molecule has 3 aromatic carbocycles. The molecule has 0 aliphatic carbocycles. The number of nitriles is 1. The summed E-state index contributed by atoms with van der Waals surface area (Å²) in [6.45, 7) is 0.113. The summed E-state index contributed by atoms with van der Waals surface area (Å²) in [5.74, 6) is 1.11. The van der Waals surface area contributed by atoms with Crippen molar-refractivity contribution in [3.8, 4) is 23.3 Å². The van der Waals surface area contributed by atoms with Crippen LogP contribution in [0.25, 0.3) is 10.9 Å². The van der Waals surface area contributed by atoms with Crippen LogP contribution in [-0.2, 0) is 4.79 Å². The molecule has 1 heterocycles. The lowest BCUT2D eigenvalue weighted by Crippen LogP contribution is -2.33. The number of hydrogen-bond acceptors (Lipinski definition) is 5. The first kappa shape index (κ1) is 22.7. The minimum Gasteiger partial charge on any atom is -0.493 e. The van der Waals surface area contributed by atoms with Crippen molar-refractivity contribution in [3.05, 3.63) is 89.6 Å². The summed E-state index contributed by atoms with van der Waals surface area (Å²) in [7, 11) is 3.20. The minimum atomic E-state index is -0.292. The molecule has 0 saturated heterocycles. The van der Waals surface area contributed by atoms with Crippen molar-refractivity contribution in [1.82, 2.24) is 10.3 Å². The first-order valence-corrected chi connectivity index (χ1v) is 10.8. The Bertz CT molecular complexity index is 1340. The molecule has 0 saturated carbocycles. The number of para-hydroxylation sites is 3. The zero-order valence-corrected chi connectivity index (χ0v) is 19.0. The van der Waals surface area contributed by atoms with Crippen LogP contribution in [0.15, 0.2) is 72.9 Å². The number of rotatable bonds is 9. The van der Waals surface area contributed by atoms with Gasteiger partial charge in [-0.3, -0.25) is 4.79 Å². The van der Waals surface area contributed by atoms with Crippen LogP contribution in [0.4, 0.5) is 0 Å². The van der Waals surface area contributed by atoms with Crippen LogP contribution in [-0.4, -0.2) is 38.3 Å². The maximum atomic E-state index is 12.7. The molecule has 34 heavy (non-hydrogen) atoms. The van der Waals surface area contributed by atoms with Gasteiger partial charge in [-0.2, -0.15) is 5.26 Å². The van der Waals surface area contributed by atoms with Gasteiger partial charge < -0.3 is 24.5 Å². The van der Waals surface area contributed by atoms with Crippen molar-refractivity contribution in [3.63, 3.8) is 0 Å². The van der Waals surface area contributed by atoms with Crippen LogP contribution >= 0.6 is 0 Å². The van der Waals surface area contributed by atoms with Crippen LogP contribution in [0.5, 0.6) is 17.2 Å². The molecular formula is C27H25N3O4. The summed E-state index contributed by atoms with van der Waals surface area (Å²) >= 11 is 0. The maximum Gasteiger partial charge on any atom is 0.257 e. The largest absolute Gasteiger partial charge is 0.493 e. The molecule has 7 heteroatoms. The molecule has 1 amide bonds. The summed E-state index contributed by atoms with van der Waals surface area (Å²) in [5.41, 5.74) is 3.31. The summed E-state index contributed by atoms with van der Waals surface area (Å²) < 4.78 is 16.8. The lowest BCUT2D eigenvalue weighted by molar-refractivity contribution is -0.123. The number of H-pyrrole nitrogens is 1. The van der Waals surface area contributed by atoms with E-state index in [2.05, 4.69) is 16.4 Å². The molecule has 7 nitrogen and oxygen atoms in total. The molecule has 1 aromatic heterocycles. The molecule has 172 valence electrons. The Morgan fingerprint density at radius 3 is 2.53 bits per heavy atom. The summed E-state index contributed by atoms with van der Waals surface area (Å²) in [6, 6.07) is 22.6. The topological polar surface area (TPSA) is 96.4 Å². The van der Waals surface area contributed by atoms with Crippen molar-refractivity contribution in [2.24, 2.45) is 0 Å². The molecule has 4 aromatic rings. The highest BCUT2D eigenvalue weighted by molar-refractivity contribution is 5.85. The summed E-state index contributed by atoms with van der Waals surface area (Å²) in [4.78, 5) is 16.0. The molecule has 2 N–H and O–H groups in total. The van der Waals surface area contributed by atoms with E-state index in [1.807, 2.05) is 48.7 Å².